The Morgan fingerprint density at radius 3 is 2.79 bits per heavy atom. The zero-order chi connectivity index (χ0) is 10.2. The Labute approximate surface area is 86.5 Å². The van der Waals surface area contributed by atoms with Gasteiger partial charge in [-0.05, 0) is 51.3 Å². The Bertz CT molecular complexity index is 343. The zero-order valence-electron chi connectivity index (χ0n) is 9.35. The van der Waals surface area contributed by atoms with Gasteiger partial charge in [0.1, 0.15) is 0 Å². The predicted octanol–water partition coefficient (Wildman–Crippen LogP) is 2.46. The molecule has 76 valence electrons. The molecule has 0 saturated carbocycles. The number of rotatable bonds is 1. The van der Waals surface area contributed by atoms with Crippen LogP contribution in [0, 0.1) is 6.92 Å². The second-order valence-corrected chi connectivity index (χ2v) is 4.76. The van der Waals surface area contributed by atoms with Crippen molar-refractivity contribution in [2.75, 3.05) is 7.05 Å². The van der Waals surface area contributed by atoms with E-state index in [0.717, 1.165) is 0 Å². The molecule has 1 aromatic rings. The molecule has 1 heteroatoms. The van der Waals surface area contributed by atoms with Crippen molar-refractivity contribution in [3.63, 3.8) is 0 Å². The van der Waals surface area contributed by atoms with Crippen LogP contribution in [0.25, 0.3) is 0 Å². The van der Waals surface area contributed by atoms with Gasteiger partial charge in [0.2, 0.25) is 0 Å². The largest absolute Gasteiger partial charge is 0.314 e. The molecule has 0 saturated heterocycles. The Morgan fingerprint density at radius 2 is 2.07 bits per heavy atom. The molecule has 1 N–H and O–H groups in total. The van der Waals surface area contributed by atoms with Crippen molar-refractivity contribution in [2.24, 2.45) is 0 Å². The highest BCUT2D eigenvalue weighted by atomic mass is 14.9. The monoisotopic (exact) mass is 189 g/mol. The normalized spacial score (nSPS) is 25.9. The number of nitrogens with one attached hydrogen (secondary N) is 1. The zero-order valence-corrected chi connectivity index (χ0v) is 9.35. The summed E-state index contributed by atoms with van der Waals surface area (Å²) >= 11 is 0. The molecule has 0 aromatic heterocycles. The average molecular weight is 189 g/mol. The number of hydrogen-bond donors (Lipinski definition) is 1. The fraction of sp³-hybridized carbons (Fsp3) is 0.538. The van der Waals surface area contributed by atoms with Crippen LogP contribution in [0.4, 0.5) is 0 Å². The number of aryl methyl sites for hydroxylation is 2. The third-order valence-corrected chi connectivity index (χ3v) is 3.49. The third kappa shape index (κ3) is 1.69. The van der Waals surface area contributed by atoms with E-state index in [4.69, 9.17) is 0 Å². The lowest BCUT2D eigenvalue weighted by Gasteiger charge is -2.34. The Hall–Kier alpha value is -0.820. The fourth-order valence-corrected chi connectivity index (χ4v) is 2.29. The second-order valence-electron chi connectivity index (χ2n) is 4.76. The molecule has 0 fully saturated rings. The molecule has 1 atom stereocenters. The van der Waals surface area contributed by atoms with Crippen LogP contribution in [0.3, 0.4) is 0 Å². The minimum absolute atomic E-state index is 0.308. The second kappa shape index (κ2) is 3.39. The van der Waals surface area contributed by atoms with Crippen LogP contribution in [-0.4, -0.2) is 12.6 Å². The van der Waals surface area contributed by atoms with Gasteiger partial charge in [0.25, 0.3) is 0 Å². The van der Waals surface area contributed by atoms with Crippen molar-refractivity contribution in [3.8, 4) is 0 Å². The first-order chi connectivity index (χ1) is 6.63. The highest BCUT2D eigenvalue weighted by Gasteiger charge is 2.27. The van der Waals surface area contributed by atoms with E-state index in [1.165, 1.54) is 30.4 Å². The molecule has 0 amide bonds. The number of likely N-dealkylation sites (N-methyl/N-ethyl adjacent to an activating group) is 1. The molecule has 0 radical (unpaired) electrons. The summed E-state index contributed by atoms with van der Waals surface area (Å²) in [6.45, 7) is 4.49. The van der Waals surface area contributed by atoms with E-state index in [1.54, 1.807) is 5.56 Å². The molecule has 0 bridgehead atoms. The first-order valence-electron chi connectivity index (χ1n) is 5.40. The van der Waals surface area contributed by atoms with Crippen molar-refractivity contribution in [3.05, 3.63) is 34.9 Å². The number of benzene rings is 1. The molecular formula is C13H19N. The van der Waals surface area contributed by atoms with Crippen LogP contribution >= 0.6 is 0 Å². The molecule has 1 nitrogen and oxygen atoms in total. The van der Waals surface area contributed by atoms with Gasteiger partial charge in [-0.1, -0.05) is 23.8 Å². The summed E-state index contributed by atoms with van der Waals surface area (Å²) < 4.78 is 0. The van der Waals surface area contributed by atoms with Crippen molar-refractivity contribution in [1.29, 1.82) is 0 Å². The minimum atomic E-state index is 0.308. The lowest BCUT2D eigenvalue weighted by molar-refractivity contribution is 0.338. The van der Waals surface area contributed by atoms with Crippen LogP contribution in [0.1, 0.15) is 30.0 Å². The summed E-state index contributed by atoms with van der Waals surface area (Å²) in [6, 6.07) is 6.85. The maximum absolute atomic E-state index is 3.44. The fourth-order valence-electron chi connectivity index (χ4n) is 2.29. The van der Waals surface area contributed by atoms with Gasteiger partial charge >= 0.3 is 0 Å². The van der Waals surface area contributed by atoms with Crippen molar-refractivity contribution in [1.82, 2.24) is 5.32 Å². The molecule has 1 unspecified atom stereocenters. The Balaban J connectivity index is 2.31. The highest BCUT2D eigenvalue weighted by molar-refractivity contribution is 5.35. The van der Waals surface area contributed by atoms with Gasteiger partial charge in [-0.25, -0.2) is 0 Å². The summed E-state index contributed by atoms with van der Waals surface area (Å²) in [4.78, 5) is 0. The van der Waals surface area contributed by atoms with E-state index < -0.39 is 0 Å². The van der Waals surface area contributed by atoms with E-state index in [9.17, 15) is 0 Å². The van der Waals surface area contributed by atoms with E-state index in [-0.39, 0.29) is 0 Å². The van der Waals surface area contributed by atoms with E-state index >= 15 is 0 Å². The summed E-state index contributed by atoms with van der Waals surface area (Å²) in [5.41, 5.74) is 4.77. The average Bonchev–Trinajstić information content (AvgIpc) is 2.19. The molecule has 1 aromatic carbocycles. The SMILES string of the molecule is CNC1(C)CCc2cc(C)ccc2C1. The van der Waals surface area contributed by atoms with Gasteiger partial charge in [0.15, 0.2) is 0 Å². The molecule has 2 rings (SSSR count). The van der Waals surface area contributed by atoms with Crippen LogP contribution in [-0.2, 0) is 12.8 Å². The molecule has 0 aliphatic heterocycles. The van der Waals surface area contributed by atoms with Gasteiger partial charge in [-0.15, -0.1) is 0 Å². The van der Waals surface area contributed by atoms with E-state index in [2.05, 4.69) is 44.4 Å². The van der Waals surface area contributed by atoms with Crippen LogP contribution in [0.5, 0.6) is 0 Å². The lowest BCUT2D eigenvalue weighted by atomic mass is 9.79. The molecule has 1 aliphatic rings. The first kappa shape index (κ1) is 9.72. The molecule has 0 heterocycles. The van der Waals surface area contributed by atoms with Gasteiger partial charge in [-0.2, -0.15) is 0 Å². The topological polar surface area (TPSA) is 12.0 Å². The maximum atomic E-state index is 3.44. The smallest absolute Gasteiger partial charge is 0.0193 e. The summed E-state index contributed by atoms with van der Waals surface area (Å²) in [5, 5.41) is 3.44. The van der Waals surface area contributed by atoms with Crippen LogP contribution in [0.2, 0.25) is 0 Å². The lowest BCUT2D eigenvalue weighted by Crippen LogP contribution is -2.44. The predicted molar refractivity (Wildman–Crippen MR) is 60.7 cm³/mol. The minimum Gasteiger partial charge on any atom is -0.314 e. The van der Waals surface area contributed by atoms with Crippen molar-refractivity contribution < 1.29 is 0 Å². The van der Waals surface area contributed by atoms with Gasteiger partial charge in [0.05, 0.1) is 0 Å². The van der Waals surface area contributed by atoms with E-state index in [0.29, 0.717) is 5.54 Å². The molecule has 14 heavy (non-hydrogen) atoms. The van der Waals surface area contributed by atoms with E-state index in [1.807, 2.05) is 0 Å². The number of hydrogen-bond acceptors (Lipinski definition) is 1. The maximum Gasteiger partial charge on any atom is 0.0193 e. The third-order valence-electron chi connectivity index (χ3n) is 3.49. The number of fused-ring (bicyclic) bond motifs is 1. The molecular weight excluding hydrogens is 170 g/mol. The van der Waals surface area contributed by atoms with Gasteiger partial charge in [-0.3, -0.25) is 0 Å². The Morgan fingerprint density at radius 1 is 1.29 bits per heavy atom. The van der Waals surface area contributed by atoms with Crippen molar-refractivity contribution in [2.45, 2.75) is 38.6 Å². The highest BCUT2D eigenvalue weighted by Crippen LogP contribution is 2.28. The van der Waals surface area contributed by atoms with Gasteiger partial charge in [0, 0.05) is 5.54 Å². The van der Waals surface area contributed by atoms with Crippen molar-refractivity contribution >= 4 is 0 Å². The molecule has 0 spiro atoms. The van der Waals surface area contributed by atoms with Crippen LogP contribution < -0.4 is 5.32 Å². The van der Waals surface area contributed by atoms with Gasteiger partial charge < -0.3 is 5.32 Å². The first-order valence-corrected chi connectivity index (χ1v) is 5.40. The Kier molecular flexibility index (Phi) is 2.36. The summed E-state index contributed by atoms with van der Waals surface area (Å²) in [6.07, 6.45) is 3.63. The molecule has 1 aliphatic carbocycles. The standard InChI is InChI=1S/C13H19N/c1-10-4-5-12-9-13(2,14-3)7-6-11(12)8-10/h4-5,8,14H,6-7,9H2,1-3H3. The summed E-state index contributed by atoms with van der Waals surface area (Å²) in [7, 11) is 2.07. The summed E-state index contributed by atoms with van der Waals surface area (Å²) in [5.74, 6) is 0. The quantitative estimate of drug-likeness (QED) is 0.715. The van der Waals surface area contributed by atoms with Crippen LogP contribution in [0.15, 0.2) is 18.2 Å².